The Kier molecular flexibility index (Phi) is 7.72. The molecule has 0 unspecified atom stereocenters. The first kappa shape index (κ1) is 26.8. The van der Waals surface area contributed by atoms with Gasteiger partial charge >= 0.3 is 5.97 Å². The van der Waals surface area contributed by atoms with Gasteiger partial charge < -0.3 is 15.4 Å². The van der Waals surface area contributed by atoms with Gasteiger partial charge in [0.25, 0.3) is 5.91 Å². The van der Waals surface area contributed by atoms with Crippen LogP contribution in [0.4, 0.5) is 17.1 Å². The van der Waals surface area contributed by atoms with Crippen molar-refractivity contribution in [3.05, 3.63) is 90.0 Å². The van der Waals surface area contributed by atoms with Crippen LogP contribution in [-0.2, 0) is 23.9 Å². The number of hydrogen-bond acceptors (Lipinski definition) is 6. The van der Waals surface area contributed by atoms with E-state index in [1.165, 1.54) is 29.5 Å². The molecule has 1 aliphatic carbocycles. The number of fused-ring (bicyclic) bond motifs is 1. The number of carbonyl (C=O) groups excluding carboxylic acids is 5. The Morgan fingerprint density at radius 3 is 2.20 bits per heavy atom. The molecule has 5 rings (SSSR count). The van der Waals surface area contributed by atoms with E-state index in [9.17, 15) is 24.0 Å². The summed E-state index contributed by atoms with van der Waals surface area (Å²) in [6.07, 6.45) is 2.09. The highest BCUT2D eigenvalue weighted by molar-refractivity contribution is 6.22. The molecule has 3 aromatic carbocycles. The van der Waals surface area contributed by atoms with Gasteiger partial charge in [0, 0.05) is 18.3 Å². The minimum Gasteiger partial charge on any atom is -0.452 e. The molecule has 0 radical (unpaired) electrons. The number of anilines is 3. The predicted molar refractivity (Wildman–Crippen MR) is 149 cm³/mol. The van der Waals surface area contributed by atoms with E-state index in [-0.39, 0.29) is 35.1 Å². The van der Waals surface area contributed by atoms with Gasteiger partial charge in [-0.25, -0.2) is 4.79 Å². The smallest absolute Gasteiger partial charge is 0.338 e. The van der Waals surface area contributed by atoms with Crippen molar-refractivity contribution in [3.8, 4) is 0 Å². The van der Waals surface area contributed by atoms with Gasteiger partial charge in [-0.1, -0.05) is 36.4 Å². The summed E-state index contributed by atoms with van der Waals surface area (Å²) in [5, 5.41) is 5.24. The first-order chi connectivity index (χ1) is 19.3. The van der Waals surface area contributed by atoms with E-state index in [2.05, 4.69) is 22.8 Å². The zero-order valence-electron chi connectivity index (χ0n) is 22.0. The number of rotatable bonds is 7. The molecule has 3 atom stereocenters. The van der Waals surface area contributed by atoms with Gasteiger partial charge in [0.05, 0.1) is 23.1 Å². The summed E-state index contributed by atoms with van der Waals surface area (Å²) < 4.78 is 5.17. The maximum absolute atomic E-state index is 13.4. The molecule has 9 nitrogen and oxygen atoms in total. The second-order valence-electron chi connectivity index (χ2n) is 10.1. The third kappa shape index (κ3) is 5.78. The topological polar surface area (TPSA) is 122 Å². The lowest BCUT2D eigenvalue weighted by atomic mass is 9.73. The van der Waals surface area contributed by atoms with E-state index < -0.39 is 24.4 Å². The lowest BCUT2D eigenvalue weighted by Crippen LogP contribution is -2.31. The number of imide groups is 1. The van der Waals surface area contributed by atoms with Crippen LogP contribution in [0.15, 0.2) is 78.9 Å². The first-order valence-electron chi connectivity index (χ1n) is 13.2. The van der Waals surface area contributed by atoms with Gasteiger partial charge in [-0.15, -0.1) is 0 Å². The number of hydrogen-bond donors (Lipinski definition) is 2. The van der Waals surface area contributed by atoms with Crippen LogP contribution in [0, 0.1) is 11.8 Å². The minimum atomic E-state index is -0.751. The van der Waals surface area contributed by atoms with Crippen molar-refractivity contribution in [1.29, 1.82) is 0 Å². The molecule has 0 aromatic heterocycles. The van der Waals surface area contributed by atoms with Crippen LogP contribution in [0.25, 0.3) is 0 Å². The highest BCUT2D eigenvalue weighted by Gasteiger charge is 2.50. The minimum absolute atomic E-state index is 0.127. The molecule has 204 valence electrons. The number of ether oxygens (including phenoxy) is 1. The lowest BCUT2D eigenvalue weighted by Gasteiger charge is -2.28. The number of nitrogens with one attached hydrogen (secondary N) is 2. The van der Waals surface area contributed by atoms with Crippen molar-refractivity contribution in [3.63, 3.8) is 0 Å². The molecule has 1 aliphatic heterocycles. The Bertz CT molecular complexity index is 1450. The van der Waals surface area contributed by atoms with Crippen LogP contribution >= 0.6 is 0 Å². The second-order valence-corrected chi connectivity index (χ2v) is 10.1. The van der Waals surface area contributed by atoms with Gasteiger partial charge in [0.15, 0.2) is 6.61 Å². The van der Waals surface area contributed by atoms with Crippen LogP contribution in [0.5, 0.6) is 0 Å². The fourth-order valence-electron chi connectivity index (χ4n) is 5.49. The van der Waals surface area contributed by atoms with Gasteiger partial charge in [-0.3, -0.25) is 24.1 Å². The summed E-state index contributed by atoms with van der Waals surface area (Å²) in [4.78, 5) is 63.9. The average Bonchev–Trinajstić information content (AvgIpc) is 3.21. The Morgan fingerprint density at radius 1 is 0.825 bits per heavy atom. The van der Waals surface area contributed by atoms with Crippen molar-refractivity contribution < 1.29 is 28.7 Å². The third-order valence-electron chi connectivity index (χ3n) is 7.36. The molecule has 40 heavy (non-hydrogen) atoms. The molecular formula is C31H29N3O6. The molecular weight excluding hydrogens is 510 g/mol. The van der Waals surface area contributed by atoms with E-state index in [1.807, 2.05) is 18.2 Å². The van der Waals surface area contributed by atoms with Crippen LogP contribution in [0.1, 0.15) is 48.0 Å². The molecule has 0 bridgehead atoms. The largest absolute Gasteiger partial charge is 0.452 e. The summed E-state index contributed by atoms with van der Waals surface area (Å²) in [6.45, 7) is 0.872. The molecule has 9 heteroatoms. The molecule has 4 amide bonds. The van der Waals surface area contributed by atoms with Gasteiger partial charge in [0.2, 0.25) is 17.7 Å². The fourth-order valence-corrected chi connectivity index (χ4v) is 5.49. The van der Waals surface area contributed by atoms with Crippen molar-refractivity contribution in [2.24, 2.45) is 11.8 Å². The summed E-state index contributed by atoms with van der Waals surface area (Å²) >= 11 is 0. The van der Waals surface area contributed by atoms with Crippen molar-refractivity contribution in [2.45, 2.75) is 32.1 Å². The molecule has 0 spiro atoms. The van der Waals surface area contributed by atoms with Crippen molar-refractivity contribution in [1.82, 2.24) is 0 Å². The Labute approximate surface area is 231 Å². The summed E-state index contributed by atoms with van der Waals surface area (Å²) in [5.41, 5.74) is 2.68. The molecule has 3 aromatic rings. The summed E-state index contributed by atoms with van der Waals surface area (Å²) in [7, 11) is 0. The Balaban J connectivity index is 1.20. The number of esters is 1. The SMILES string of the molecule is CC(=O)Nc1ccc(NC(=O)COC(=O)c2cccc(N3C(=O)[C@H]4C[C@@H](c5ccccc5)CC[C@H]4C3=O)c2)cc1. The van der Waals surface area contributed by atoms with Crippen LogP contribution in [0.3, 0.4) is 0 Å². The van der Waals surface area contributed by atoms with Crippen molar-refractivity contribution >= 4 is 46.7 Å². The number of carbonyl (C=O) groups is 5. The standard InChI is InChI=1S/C31H29N3O6/c1-19(35)32-23-11-13-24(14-12-23)33-28(36)18-40-31(39)22-8-5-9-25(16-22)34-29(37)26-15-10-21(17-27(26)30(34)38)20-6-3-2-4-7-20/h2-9,11-14,16,21,26-27H,10,15,17-18H2,1H3,(H,32,35)(H,33,36)/t21-,26+,27-/m0/s1. The van der Waals surface area contributed by atoms with Crippen molar-refractivity contribution in [2.75, 3.05) is 22.1 Å². The highest BCUT2D eigenvalue weighted by Crippen LogP contribution is 2.45. The van der Waals surface area contributed by atoms with E-state index >= 15 is 0 Å². The number of benzene rings is 3. The van der Waals surface area contributed by atoms with E-state index in [1.54, 1.807) is 36.4 Å². The number of nitrogens with zero attached hydrogens (tertiary/aromatic N) is 1. The van der Waals surface area contributed by atoms with E-state index in [4.69, 9.17) is 4.74 Å². The summed E-state index contributed by atoms with van der Waals surface area (Å²) in [5.74, 6) is -2.52. The zero-order chi connectivity index (χ0) is 28.2. The molecule has 1 heterocycles. The molecule has 1 saturated carbocycles. The Hall–Kier alpha value is -4.79. The third-order valence-corrected chi connectivity index (χ3v) is 7.36. The normalized spacial score (nSPS) is 20.0. The Morgan fingerprint density at radius 2 is 1.50 bits per heavy atom. The second kappa shape index (κ2) is 11.5. The summed E-state index contributed by atoms with van der Waals surface area (Å²) in [6, 6.07) is 22.7. The van der Waals surface area contributed by atoms with Gasteiger partial charge in [0.1, 0.15) is 0 Å². The van der Waals surface area contributed by atoms with Crippen LogP contribution in [0.2, 0.25) is 0 Å². The maximum atomic E-state index is 13.4. The molecule has 2 fully saturated rings. The quantitative estimate of drug-likeness (QED) is 0.337. The van der Waals surface area contributed by atoms with E-state index in [0.717, 1.165) is 6.42 Å². The van der Waals surface area contributed by atoms with E-state index in [0.29, 0.717) is 29.9 Å². The monoisotopic (exact) mass is 539 g/mol. The zero-order valence-corrected chi connectivity index (χ0v) is 22.0. The fraction of sp³-hybridized carbons (Fsp3) is 0.258. The van der Waals surface area contributed by atoms with Crippen LogP contribution in [-0.4, -0.2) is 36.2 Å². The average molecular weight is 540 g/mol. The highest BCUT2D eigenvalue weighted by atomic mass is 16.5. The first-order valence-corrected chi connectivity index (χ1v) is 13.2. The van der Waals surface area contributed by atoms with Gasteiger partial charge in [-0.05, 0) is 73.2 Å². The predicted octanol–water partition coefficient (Wildman–Crippen LogP) is 4.51. The van der Waals surface area contributed by atoms with Gasteiger partial charge in [-0.2, -0.15) is 0 Å². The molecule has 2 aliphatic rings. The maximum Gasteiger partial charge on any atom is 0.338 e. The number of amides is 4. The molecule has 1 saturated heterocycles. The molecule has 2 N–H and O–H groups in total. The van der Waals surface area contributed by atoms with Crippen LogP contribution < -0.4 is 15.5 Å². The lowest BCUT2D eigenvalue weighted by molar-refractivity contribution is -0.122.